The summed E-state index contributed by atoms with van der Waals surface area (Å²) in [4.78, 5) is 2.27. The van der Waals surface area contributed by atoms with Crippen molar-refractivity contribution in [3.05, 3.63) is 83.9 Å². The molecule has 6 nitrogen and oxygen atoms in total. The lowest BCUT2D eigenvalue weighted by Crippen LogP contribution is -2.28. The average Bonchev–Trinajstić information content (AvgIpc) is 2.91. The van der Waals surface area contributed by atoms with Crippen LogP contribution in [0.25, 0.3) is 0 Å². The maximum atomic E-state index is 5.95. The predicted molar refractivity (Wildman–Crippen MR) is 156 cm³/mol. The van der Waals surface area contributed by atoms with Gasteiger partial charge in [0.25, 0.3) is 0 Å². The van der Waals surface area contributed by atoms with Crippen molar-refractivity contribution in [1.82, 2.24) is 4.78 Å². The molecular weight excluding hydrogens is 508 g/mol. The Labute approximate surface area is 222 Å². The molecule has 3 aromatic carbocycles. The molecule has 2 atom stereocenters. The van der Waals surface area contributed by atoms with E-state index in [1.807, 2.05) is 67.6 Å². The third kappa shape index (κ3) is 8.50. The van der Waals surface area contributed by atoms with Crippen molar-refractivity contribution in [2.24, 2.45) is 5.10 Å². The average molecular weight is 539 g/mol. The molecule has 0 N–H and O–H groups in total. The van der Waals surface area contributed by atoms with E-state index in [1.165, 1.54) is 0 Å². The van der Waals surface area contributed by atoms with E-state index in [4.69, 9.17) is 25.6 Å². The van der Waals surface area contributed by atoms with Gasteiger partial charge in [0.2, 0.25) is 11.8 Å². The fraction of sp³-hybridized carbons (Fsp3) is 0.222. The molecule has 0 saturated heterocycles. The van der Waals surface area contributed by atoms with Crippen molar-refractivity contribution in [1.29, 1.82) is 0 Å². The highest BCUT2D eigenvalue weighted by atomic mass is 32.4. The lowest BCUT2D eigenvalue weighted by Gasteiger charge is -2.23. The minimum atomic E-state index is -1.35. The molecule has 0 radical (unpaired) electrons. The zero-order valence-electron chi connectivity index (χ0n) is 20.6. The second kappa shape index (κ2) is 14.4. The summed E-state index contributed by atoms with van der Waals surface area (Å²) in [6, 6.07) is 23.4. The van der Waals surface area contributed by atoms with Crippen LogP contribution in [0.15, 0.2) is 77.9 Å². The Kier molecular flexibility index (Phi) is 11.0. The smallest absolute Gasteiger partial charge is 0.492 e. The zero-order valence-corrected chi connectivity index (χ0v) is 23.5. The van der Waals surface area contributed by atoms with Gasteiger partial charge in [-0.05, 0) is 92.2 Å². The van der Waals surface area contributed by atoms with E-state index in [1.54, 1.807) is 18.0 Å². The number of hydrazone groups is 1. The Morgan fingerprint density at radius 1 is 0.972 bits per heavy atom. The SMILES string of the molecule is CC#Cc1ccc(N(CC)CCOc2ccc(O[P+](=S)N(C)N=Cc3ccc(OP)cc3)cc2)cc1. The van der Waals surface area contributed by atoms with E-state index in [2.05, 4.69) is 50.4 Å². The molecule has 36 heavy (non-hydrogen) atoms. The summed E-state index contributed by atoms with van der Waals surface area (Å²) in [6.07, 6.45) is 1.74. The standard InChI is InChI=1S/C27H30N3O3P2S/c1-4-6-22-7-11-24(12-8-22)30(5-2)19-20-31-25-15-17-27(18-16-25)33-35(36)29(3)28-21-23-9-13-26(32-34)14-10-23/h7-18,21H,5,19-20,34H2,1-3H3/q+1. The molecular formula is C27H30N3O3P2S+. The summed E-state index contributed by atoms with van der Waals surface area (Å²) < 4.78 is 18.6. The summed E-state index contributed by atoms with van der Waals surface area (Å²) in [5, 5.41) is 4.39. The molecule has 0 aliphatic heterocycles. The summed E-state index contributed by atoms with van der Waals surface area (Å²) in [5.74, 6) is 8.22. The van der Waals surface area contributed by atoms with Gasteiger partial charge >= 0.3 is 7.07 Å². The summed E-state index contributed by atoms with van der Waals surface area (Å²) in [5.41, 5.74) is 3.12. The molecule has 3 rings (SSSR count). The van der Waals surface area contributed by atoms with Gasteiger partial charge in [0, 0.05) is 17.8 Å². The molecule has 186 valence electrons. The number of nitrogens with zero attached hydrogens (tertiary/aromatic N) is 3. The third-order valence-corrected chi connectivity index (χ3v) is 7.29. The van der Waals surface area contributed by atoms with Crippen molar-refractivity contribution in [3.63, 3.8) is 0 Å². The molecule has 0 aliphatic carbocycles. The van der Waals surface area contributed by atoms with Gasteiger partial charge in [-0.15, -0.1) is 11.0 Å². The molecule has 0 spiro atoms. The summed E-state index contributed by atoms with van der Waals surface area (Å²) in [7, 11) is 2.68. The Balaban J connectivity index is 1.46. The first-order chi connectivity index (χ1) is 17.5. The van der Waals surface area contributed by atoms with E-state index in [0.29, 0.717) is 12.4 Å². The summed E-state index contributed by atoms with van der Waals surface area (Å²) >= 11 is 5.50. The fourth-order valence-electron chi connectivity index (χ4n) is 3.21. The van der Waals surface area contributed by atoms with Crippen LogP contribution in [0.3, 0.4) is 0 Å². The minimum absolute atomic E-state index is 0.569. The number of rotatable bonds is 12. The molecule has 0 fully saturated rings. The quantitative estimate of drug-likeness (QED) is 0.118. The van der Waals surface area contributed by atoms with Crippen LogP contribution >= 0.6 is 16.5 Å². The maximum Gasteiger partial charge on any atom is 0.540 e. The molecule has 0 aliphatic rings. The Morgan fingerprint density at radius 3 is 2.22 bits per heavy atom. The van der Waals surface area contributed by atoms with Crippen LogP contribution in [-0.2, 0) is 11.8 Å². The number of benzene rings is 3. The first-order valence-corrected chi connectivity index (χ1v) is 14.1. The number of likely N-dealkylation sites (N-methyl/N-ethyl adjacent to an activating group) is 1. The largest absolute Gasteiger partial charge is 0.540 e. The maximum absolute atomic E-state index is 5.95. The highest BCUT2D eigenvalue weighted by Crippen LogP contribution is 2.31. The number of anilines is 1. The van der Waals surface area contributed by atoms with Gasteiger partial charge in [0.05, 0.1) is 29.3 Å². The lowest BCUT2D eigenvalue weighted by atomic mass is 10.2. The van der Waals surface area contributed by atoms with Gasteiger partial charge in [0.15, 0.2) is 5.75 Å². The Morgan fingerprint density at radius 2 is 1.61 bits per heavy atom. The van der Waals surface area contributed by atoms with Gasteiger partial charge < -0.3 is 14.2 Å². The second-order valence-corrected chi connectivity index (χ2v) is 9.98. The molecule has 0 saturated carbocycles. The third-order valence-electron chi connectivity index (χ3n) is 5.15. The van der Waals surface area contributed by atoms with Crippen LogP contribution in [-0.4, -0.2) is 37.7 Å². The van der Waals surface area contributed by atoms with Gasteiger partial charge in [-0.1, -0.05) is 10.7 Å². The van der Waals surface area contributed by atoms with Gasteiger partial charge in [0.1, 0.15) is 18.1 Å². The monoisotopic (exact) mass is 538 g/mol. The van der Waals surface area contributed by atoms with Crippen LogP contribution in [0.5, 0.6) is 17.2 Å². The van der Waals surface area contributed by atoms with Crippen LogP contribution in [0.2, 0.25) is 0 Å². The van der Waals surface area contributed by atoms with Crippen molar-refractivity contribution < 1.29 is 13.8 Å². The van der Waals surface area contributed by atoms with Crippen LogP contribution in [0, 0.1) is 11.8 Å². The first-order valence-electron chi connectivity index (χ1n) is 11.4. The molecule has 3 aromatic rings. The van der Waals surface area contributed by atoms with Crippen molar-refractivity contribution in [2.75, 3.05) is 31.6 Å². The Hall–Kier alpha value is -3.16. The van der Waals surface area contributed by atoms with Crippen LogP contribution < -0.4 is 18.7 Å². The molecule has 0 heterocycles. The van der Waals surface area contributed by atoms with E-state index in [9.17, 15) is 0 Å². The summed E-state index contributed by atoms with van der Waals surface area (Å²) in [6.45, 7) is 6.22. The number of hydrogen-bond donors (Lipinski definition) is 0. The topological polar surface area (TPSA) is 46.5 Å². The highest BCUT2D eigenvalue weighted by molar-refractivity contribution is 8.02. The molecule has 2 unspecified atom stereocenters. The first kappa shape index (κ1) is 27.4. The fourth-order valence-corrected chi connectivity index (χ4v) is 4.31. The molecule has 0 amide bonds. The predicted octanol–water partition coefficient (Wildman–Crippen LogP) is 6.25. The van der Waals surface area contributed by atoms with Gasteiger partial charge in [-0.3, -0.25) is 4.52 Å². The highest BCUT2D eigenvalue weighted by Gasteiger charge is 2.20. The van der Waals surface area contributed by atoms with Crippen LogP contribution in [0.1, 0.15) is 25.0 Å². The normalized spacial score (nSPS) is 10.8. The molecule has 9 heteroatoms. The van der Waals surface area contributed by atoms with E-state index in [0.717, 1.165) is 41.4 Å². The molecule has 0 bridgehead atoms. The van der Waals surface area contributed by atoms with Crippen molar-refractivity contribution in [2.45, 2.75) is 13.8 Å². The van der Waals surface area contributed by atoms with Crippen molar-refractivity contribution >= 4 is 40.3 Å². The second-order valence-electron chi connectivity index (χ2n) is 7.57. The number of hydrogen-bond acceptors (Lipinski definition) is 6. The molecule has 0 aromatic heterocycles. The van der Waals surface area contributed by atoms with Gasteiger partial charge in [-0.2, -0.15) is 0 Å². The van der Waals surface area contributed by atoms with E-state index in [-0.39, 0.29) is 0 Å². The number of ether oxygens (including phenoxy) is 1. The van der Waals surface area contributed by atoms with E-state index < -0.39 is 7.07 Å². The van der Waals surface area contributed by atoms with Crippen LogP contribution in [0.4, 0.5) is 5.69 Å². The lowest BCUT2D eigenvalue weighted by molar-refractivity contribution is 0.324. The van der Waals surface area contributed by atoms with E-state index >= 15 is 0 Å². The Bertz CT molecular complexity index is 1210. The van der Waals surface area contributed by atoms with Crippen molar-refractivity contribution in [3.8, 4) is 29.1 Å². The van der Waals surface area contributed by atoms with Gasteiger partial charge in [-0.25, -0.2) is 0 Å². The zero-order chi connectivity index (χ0) is 25.8. The minimum Gasteiger partial charge on any atom is -0.492 e.